The largest absolute Gasteiger partial charge is 0.259 e. The van der Waals surface area contributed by atoms with Crippen molar-refractivity contribution >= 4 is 10.8 Å². The van der Waals surface area contributed by atoms with Crippen molar-refractivity contribution in [2.75, 3.05) is 0 Å². The summed E-state index contributed by atoms with van der Waals surface area (Å²) in [4.78, 5) is 4.78. The molecule has 0 bridgehead atoms. The number of nitrogens with zero attached hydrogens (tertiary/aromatic N) is 1. The van der Waals surface area contributed by atoms with Gasteiger partial charge in [0.15, 0.2) is 0 Å². The molecule has 2 aromatic carbocycles. The van der Waals surface area contributed by atoms with Crippen LogP contribution in [0.1, 0.15) is 32.0 Å². The predicted molar refractivity (Wildman–Crippen MR) is 90.6 cm³/mol. The van der Waals surface area contributed by atoms with Gasteiger partial charge in [0.1, 0.15) is 0 Å². The summed E-state index contributed by atoms with van der Waals surface area (Å²) >= 11 is 0. The van der Waals surface area contributed by atoms with E-state index in [9.17, 15) is 0 Å². The molecule has 0 fully saturated rings. The summed E-state index contributed by atoms with van der Waals surface area (Å²) in [7, 11) is 0. The lowest BCUT2D eigenvalue weighted by molar-refractivity contribution is 0.572. The van der Waals surface area contributed by atoms with Gasteiger partial charge in [-0.05, 0) is 17.9 Å². The van der Waals surface area contributed by atoms with Crippen LogP contribution in [0.25, 0.3) is 21.9 Å². The molecule has 1 aromatic heterocycles. The van der Waals surface area contributed by atoms with Crippen LogP contribution in [0, 0.1) is 6.92 Å². The minimum Gasteiger partial charge on any atom is -0.259 e. The second-order valence-corrected chi connectivity index (χ2v) is 6.69. The van der Waals surface area contributed by atoms with Gasteiger partial charge in [-0.25, -0.2) is 0 Å². The Kier molecular flexibility index (Phi) is 3.29. The van der Waals surface area contributed by atoms with Crippen molar-refractivity contribution in [3.05, 3.63) is 66.0 Å². The first-order valence-electron chi connectivity index (χ1n) is 7.42. The summed E-state index contributed by atoms with van der Waals surface area (Å²) in [6.45, 7) is 8.79. The molecule has 106 valence electrons. The lowest BCUT2D eigenvalue weighted by Gasteiger charge is -2.23. The maximum absolute atomic E-state index is 4.78. The van der Waals surface area contributed by atoms with Crippen LogP contribution < -0.4 is 0 Å². The molecule has 1 nitrogen and oxygen atoms in total. The third-order valence-electron chi connectivity index (χ3n) is 3.85. The van der Waals surface area contributed by atoms with E-state index >= 15 is 0 Å². The topological polar surface area (TPSA) is 12.9 Å². The van der Waals surface area contributed by atoms with Crippen molar-refractivity contribution in [2.24, 2.45) is 0 Å². The van der Waals surface area contributed by atoms with Crippen LogP contribution in [0.15, 0.2) is 54.7 Å². The van der Waals surface area contributed by atoms with Crippen LogP contribution >= 0.6 is 0 Å². The Bertz CT molecular complexity index is 777. The first-order valence-corrected chi connectivity index (χ1v) is 7.42. The maximum atomic E-state index is 4.78. The van der Waals surface area contributed by atoms with E-state index in [4.69, 9.17) is 4.98 Å². The molecule has 0 aliphatic heterocycles. The SMILES string of the molecule is Cc1ccc(-c2c(C(C)(C)C)ncc3ccccc23)cc1. The molecule has 21 heavy (non-hydrogen) atoms. The van der Waals surface area contributed by atoms with Crippen molar-refractivity contribution in [2.45, 2.75) is 33.1 Å². The molecular weight excluding hydrogens is 254 g/mol. The highest BCUT2D eigenvalue weighted by Gasteiger charge is 2.22. The normalized spacial score (nSPS) is 11.8. The summed E-state index contributed by atoms with van der Waals surface area (Å²) < 4.78 is 0. The molecule has 0 unspecified atom stereocenters. The smallest absolute Gasteiger partial charge is 0.0541 e. The molecule has 0 atom stereocenters. The van der Waals surface area contributed by atoms with Gasteiger partial charge in [0.2, 0.25) is 0 Å². The van der Waals surface area contributed by atoms with Crippen LogP contribution in [-0.4, -0.2) is 4.98 Å². The standard InChI is InChI=1S/C20H21N/c1-14-9-11-15(12-10-14)18-17-8-6-5-7-16(17)13-21-19(18)20(2,3)4/h5-13H,1-4H3. The third kappa shape index (κ3) is 2.56. The van der Waals surface area contributed by atoms with E-state index in [-0.39, 0.29) is 5.41 Å². The Balaban J connectivity index is 2.38. The Labute approximate surface area is 126 Å². The van der Waals surface area contributed by atoms with Gasteiger partial charge < -0.3 is 0 Å². The lowest BCUT2D eigenvalue weighted by Crippen LogP contribution is -2.15. The minimum atomic E-state index is 0.0181. The second-order valence-electron chi connectivity index (χ2n) is 6.69. The first-order chi connectivity index (χ1) is 9.97. The van der Waals surface area contributed by atoms with E-state index in [0.717, 1.165) is 5.69 Å². The number of pyridine rings is 1. The number of hydrogen-bond donors (Lipinski definition) is 0. The fourth-order valence-electron chi connectivity index (χ4n) is 2.74. The molecule has 0 aliphatic rings. The van der Waals surface area contributed by atoms with Gasteiger partial charge in [-0.15, -0.1) is 0 Å². The highest BCUT2D eigenvalue weighted by atomic mass is 14.7. The number of benzene rings is 2. The summed E-state index contributed by atoms with van der Waals surface area (Å²) in [5.74, 6) is 0. The van der Waals surface area contributed by atoms with E-state index in [2.05, 4.69) is 76.2 Å². The maximum Gasteiger partial charge on any atom is 0.0541 e. The van der Waals surface area contributed by atoms with Crippen molar-refractivity contribution in [3.8, 4) is 11.1 Å². The summed E-state index contributed by atoms with van der Waals surface area (Å²) in [5, 5.41) is 2.47. The molecular formula is C20H21N. The predicted octanol–water partition coefficient (Wildman–Crippen LogP) is 5.51. The van der Waals surface area contributed by atoms with Gasteiger partial charge in [0.05, 0.1) is 5.69 Å². The van der Waals surface area contributed by atoms with Crippen molar-refractivity contribution in [1.82, 2.24) is 4.98 Å². The van der Waals surface area contributed by atoms with Crippen LogP contribution in [0.2, 0.25) is 0 Å². The van der Waals surface area contributed by atoms with Gasteiger partial charge in [-0.3, -0.25) is 4.98 Å². The van der Waals surface area contributed by atoms with Gasteiger partial charge in [0.25, 0.3) is 0 Å². The van der Waals surface area contributed by atoms with Crippen LogP contribution in [-0.2, 0) is 5.41 Å². The third-order valence-corrected chi connectivity index (χ3v) is 3.85. The van der Waals surface area contributed by atoms with Crippen LogP contribution in [0.4, 0.5) is 0 Å². The summed E-state index contributed by atoms with van der Waals surface area (Å²) in [6, 6.07) is 17.2. The number of aryl methyl sites for hydroxylation is 1. The highest BCUT2D eigenvalue weighted by Crippen LogP contribution is 2.36. The summed E-state index contributed by atoms with van der Waals surface area (Å²) in [5.41, 5.74) is 4.97. The number of aromatic nitrogens is 1. The minimum absolute atomic E-state index is 0.0181. The van der Waals surface area contributed by atoms with Gasteiger partial charge in [-0.2, -0.15) is 0 Å². The van der Waals surface area contributed by atoms with Crippen molar-refractivity contribution in [3.63, 3.8) is 0 Å². The van der Waals surface area contributed by atoms with Gasteiger partial charge in [0, 0.05) is 22.6 Å². The number of rotatable bonds is 1. The van der Waals surface area contributed by atoms with E-state index in [1.54, 1.807) is 0 Å². The molecule has 0 N–H and O–H groups in total. The molecule has 0 spiro atoms. The molecule has 3 aromatic rings. The number of hydrogen-bond acceptors (Lipinski definition) is 1. The molecule has 0 saturated heterocycles. The Morgan fingerprint density at radius 2 is 1.52 bits per heavy atom. The monoisotopic (exact) mass is 275 g/mol. The van der Waals surface area contributed by atoms with E-state index in [0.29, 0.717) is 0 Å². The molecule has 0 aliphatic carbocycles. The Hall–Kier alpha value is -2.15. The molecule has 1 heterocycles. The van der Waals surface area contributed by atoms with E-state index in [1.807, 2.05) is 6.20 Å². The zero-order valence-electron chi connectivity index (χ0n) is 13.1. The molecule has 0 saturated carbocycles. The van der Waals surface area contributed by atoms with Gasteiger partial charge >= 0.3 is 0 Å². The van der Waals surface area contributed by atoms with Crippen LogP contribution in [0.3, 0.4) is 0 Å². The average Bonchev–Trinajstić information content (AvgIpc) is 2.46. The zero-order chi connectivity index (χ0) is 15.0. The second kappa shape index (κ2) is 5.00. The summed E-state index contributed by atoms with van der Waals surface area (Å²) in [6.07, 6.45) is 1.99. The Morgan fingerprint density at radius 1 is 0.857 bits per heavy atom. The fourth-order valence-corrected chi connectivity index (χ4v) is 2.74. The Morgan fingerprint density at radius 3 is 2.19 bits per heavy atom. The van der Waals surface area contributed by atoms with E-state index < -0.39 is 0 Å². The van der Waals surface area contributed by atoms with Crippen molar-refractivity contribution in [1.29, 1.82) is 0 Å². The lowest BCUT2D eigenvalue weighted by atomic mass is 9.84. The van der Waals surface area contributed by atoms with E-state index in [1.165, 1.54) is 27.5 Å². The molecule has 0 amide bonds. The van der Waals surface area contributed by atoms with Gasteiger partial charge in [-0.1, -0.05) is 74.9 Å². The fraction of sp³-hybridized carbons (Fsp3) is 0.250. The quantitative estimate of drug-likeness (QED) is 0.571. The van der Waals surface area contributed by atoms with Crippen molar-refractivity contribution < 1.29 is 0 Å². The average molecular weight is 275 g/mol. The van der Waals surface area contributed by atoms with Crippen LogP contribution in [0.5, 0.6) is 0 Å². The zero-order valence-corrected chi connectivity index (χ0v) is 13.1. The molecule has 1 heteroatoms. The molecule has 0 radical (unpaired) electrons. The number of fused-ring (bicyclic) bond motifs is 1. The first kappa shape index (κ1) is 13.8. The highest BCUT2D eigenvalue weighted by molar-refractivity contribution is 5.97. The molecule has 3 rings (SSSR count).